The van der Waals surface area contributed by atoms with Crippen molar-refractivity contribution in [2.45, 2.75) is 45.4 Å². The van der Waals surface area contributed by atoms with Crippen molar-refractivity contribution in [1.82, 2.24) is 0 Å². The van der Waals surface area contributed by atoms with Crippen LogP contribution in [0.15, 0.2) is 24.3 Å². The molecule has 1 aromatic rings. The van der Waals surface area contributed by atoms with E-state index in [2.05, 4.69) is 6.92 Å². The Balaban J connectivity index is 2.78. The molecule has 0 heterocycles. The van der Waals surface area contributed by atoms with Crippen LogP contribution >= 0.6 is 0 Å². The van der Waals surface area contributed by atoms with Crippen molar-refractivity contribution < 1.29 is 9.90 Å². The fourth-order valence-electron chi connectivity index (χ4n) is 1.99. The maximum absolute atomic E-state index is 11.2. The lowest BCUT2D eigenvalue weighted by atomic mass is 9.90. The summed E-state index contributed by atoms with van der Waals surface area (Å²) in [5.74, 6) is -1.04. The number of carboxylic acid groups (broad SMARTS) is 1. The van der Waals surface area contributed by atoms with E-state index in [1.807, 2.05) is 31.2 Å². The molecular weight excluding hydrogens is 200 g/mol. The molecule has 0 spiro atoms. The standard InChI is InChI=1S/C14H20O2/c1-3-4-5-10-13(14(15)16)12-9-7-6-8-11(12)2/h6-9,13H,3-5,10H2,1-2H3,(H,15,16). The van der Waals surface area contributed by atoms with Gasteiger partial charge >= 0.3 is 5.97 Å². The van der Waals surface area contributed by atoms with Crippen molar-refractivity contribution in [2.24, 2.45) is 0 Å². The average molecular weight is 220 g/mol. The third-order valence-corrected chi connectivity index (χ3v) is 2.96. The topological polar surface area (TPSA) is 37.3 Å². The lowest BCUT2D eigenvalue weighted by Gasteiger charge is -2.14. The third-order valence-electron chi connectivity index (χ3n) is 2.96. The summed E-state index contributed by atoms with van der Waals surface area (Å²) in [6.07, 6.45) is 3.96. The molecule has 1 aromatic carbocycles. The Labute approximate surface area is 97.3 Å². The van der Waals surface area contributed by atoms with Gasteiger partial charge in [-0.05, 0) is 24.5 Å². The maximum Gasteiger partial charge on any atom is 0.310 e. The first kappa shape index (κ1) is 12.8. The molecule has 1 atom stereocenters. The molecule has 16 heavy (non-hydrogen) atoms. The van der Waals surface area contributed by atoms with Gasteiger partial charge in [0, 0.05) is 0 Å². The fourth-order valence-corrected chi connectivity index (χ4v) is 1.99. The van der Waals surface area contributed by atoms with Gasteiger partial charge in [0.05, 0.1) is 5.92 Å². The molecule has 0 saturated heterocycles. The van der Waals surface area contributed by atoms with Crippen LogP contribution in [0.5, 0.6) is 0 Å². The van der Waals surface area contributed by atoms with Crippen LogP contribution in [-0.2, 0) is 4.79 Å². The van der Waals surface area contributed by atoms with Gasteiger partial charge in [-0.15, -0.1) is 0 Å². The second-order valence-corrected chi connectivity index (χ2v) is 4.24. The van der Waals surface area contributed by atoms with E-state index >= 15 is 0 Å². The van der Waals surface area contributed by atoms with E-state index in [4.69, 9.17) is 0 Å². The Bertz CT molecular complexity index is 344. The molecule has 0 amide bonds. The van der Waals surface area contributed by atoms with E-state index in [0.29, 0.717) is 0 Å². The molecular formula is C14H20O2. The Hall–Kier alpha value is -1.31. The van der Waals surface area contributed by atoms with Gasteiger partial charge < -0.3 is 5.11 Å². The summed E-state index contributed by atoms with van der Waals surface area (Å²) >= 11 is 0. The zero-order valence-corrected chi connectivity index (χ0v) is 10.1. The second kappa shape index (κ2) is 6.31. The predicted molar refractivity (Wildman–Crippen MR) is 65.7 cm³/mol. The van der Waals surface area contributed by atoms with Crippen LogP contribution in [0.2, 0.25) is 0 Å². The minimum atomic E-state index is -0.703. The largest absolute Gasteiger partial charge is 0.481 e. The van der Waals surface area contributed by atoms with Gasteiger partial charge in [-0.3, -0.25) is 4.79 Å². The summed E-state index contributed by atoms with van der Waals surface area (Å²) < 4.78 is 0. The quantitative estimate of drug-likeness (QED) is 0.741. The minimum Gasteiger partial charge on any atom is -0.481 e. The molecule has 0 aromatic heterocycles. The summed E-state index contributed by atoms with van der Waals surface area (Å²) in [5.41, 5.74) is 2.04. The summed E-state index contributed by atoms with van der Waals surface area (Å²) in [6.45, 7) is 4.11. The molecule has 2 heteroatoms. The number of hydrogen-bond donors (Lipinski definition) is 1. The Kier molecular flexibility index (Phi) is 5.03. The van der Waals surface area contributed by atoms with E-state index in [-0.39, 0.29) is 5.92 Å². The highest BCUT2D eigenvalue weighted by Gasteiger charge is 2.20. The van der Waals surface area contributed by atoms with Crippen molar-refractivity contribution in [3.05, 3.63) is 35.4 Å². The normalized spacial score (nSPS) is 12.4. The van der Waals surface area contributed by atoms with Gasteiger partial charge in [-0.25, -0.2) is 0 Å². The number of benzene rings is 1. The lowest BCUT2D eigenvalue weighted by molar-refractivity contribution is -0.139. The number of unbranched alkanes of at least 4 members (excludes halogenated alkanes) is 2. The van der Waals surface area contributed by atoms with Crippen LogP contribution in [-0.4, -0.2) is 11.1 Å². The highest BCUT2D eigenvalue weighted by atomic mass is 16.4. The molecule has 88 valence electrons. The molecule has 1 N–H and O–H groups in total. The Morgan fingerprint density at radius 3 is 2.56 bits per heavy atom. The Morgan fingerprint density at radius 1 is 1.31 bits per heavy atom. The molecule has 0 radical (unpaired) electrons. The fraction of sp³-hybridized carbons (Fsp3) is 0.500. The van der Waals surface area contributed by atoms with E-state index in [1.165, 1.54) is 0 Å². The summed E-state index contributed by atoms with van der Waals surface area (Å²) in [6, 6.07) is 7.77. The molecule has 1 unspecified atom stereocenters. The molecule has 1 rings (SSSR count). The SMILES string of the molecule is CCCCCC(C(=O)O)c1ccccc1C. The van der Waals surface area contributed by atoms with Crippen molar-refractivity contribution in [3.8, 4) is 0 Å². The van der Waals surface area contributed by atoms with E-state index in [0.717, 1.165) is 36.8 Å². The highest BCUT2D eigenvalue weighted by molar-refractivity contribution is 5.76. The maximum atomic E-state index is 11.2. The van der Waals surface area contributed by atoms with Gasteiger partial charge in [-0.1, -0.05) is 50.5 Å². The lowest BCUT2D eigenvalue weighted by Crippen LogP contribution is -2.12. The molecule has 0 aliphatic heterocycles. The van der Waals surface area contributed by atoms with Crippen molar-refractivity contribution in [2.75, 3.05) is 0 Å². The number of carboxylic acids is 1. The third kappa shape index (κ3) is 3.37. The van der Waals surface area contributed by atoms with Crippen LogP contribution in [0.3, 0.4) is 0 Å². The first-order valence-corrected chi connectivity index (χ1v) is 5.95. The summed E-state index contributed by atoms with van der Waals surface area (Å²) in [5, 5.41) is 9.25. The molecule has 0 aliphatic carbocycles. The summed E-state index contributed by atoms with van der Waals surface area (Å²) in [7, 11) is 0. The molecule has 0 saturated carbocycles. The number of hydrogen-bond acceptors (Lipinski definition) is 1. The zero-order valence-electron chi connectivity index (χ0n) is 10.1. The molecule has 0 aliphatic rings. The first-order chi connectivity index (χ1) is 7.66. The average Bonchev–Trinajstić information content (AvgIpc) is 2.25. The van der Waals surface area contributed by atoms with Crippen molar-refractivity contribution >= 4 is 5.97 Å². The Morgan fingerprint density at radius 2 is 2.00 bits per heavy atom. The van der Waals surface area contributed by atoms with Crippen molar-refractivity contribution in [1.29, 1.82) is 0 Å². The van der Waals surface area contributed by atoms with E-state index in [1.54, 1.807) is 0 Å². The van der Waals surface area contributed by atoms with Gasteiger partial charge in [0.1, 0.15) is 0 Å². The molecule has 0 bridgehead atoms. The zero-order chi connectivity index (χ0) is 12.0. The monoisotopic (exact) mass is 220 g/mol. The van der Waals surface area contributed by atoms with Crippen LogP contribution in [0.25, 0.3) is 0 Å². The predicted octanol–water partition coefficient (Wildman–Crippen LogP) is 3.74. The van der Waals surface area contributed by atoms with Crippen LogP contribution in [0.1, 0.15) is 49.7 Å². The number of aliphatic carboxylic acids is 1. The highest BCUT2D eigenvalue weighted by Crippen LogP contribution is 2.25. The van der Waals surface area contributed by atoms with Gasteiger partial charge in [0.25, 0.3) is 0 Å². The van der Waals surface area contributed by atoms with Crippen LogP contribution < -0.4 is 0 Å². The van der Waals surface area contributed by atoms with E-state index in [9.17, 15) is 9.90 Å². The molecule has 2 nitrogen and oxygen atoms in total. The minimum absolute atomic E-state index is 0.340. The smallest absolute Gasteiger partial charge is 0.310 e. The first-order valence-electron chi connectivity index (χ1n) is 5.95. The second-order valence-electron chi connectivity index (χ2n) is 4.24. The van der Waals surface area contributed by atoms with Crippen LogP contribution in [0.4, 0.5) is 0 Å². The number of aryl methyl sites for hydroxylation is 1. The number of carbonyl (C=O) groups is 1. The van der Waals surface area contributed by atoms with Gasteiger partial charge in [-0.2, -0.15) is 0 Å². The van der Waals surface area contributed by atoms with Crippen LogP contribution in [0, 0.1) is 6.92 Å². The molecule has 0 fully saturated rings. The number of rotatable bonds is 6. The van der Waals surface area contributed by atoms with Gasteiger partial charge in [0.15, 0.2) is 0 Å². The van der Waals surface area contributed by atoms with E-state index < -0.39 is 5.97 Å². The van der Waals surface area contributed by atoms with Gasteiger partial charge in [0.2, 0.25) is 0 Å². The van der Waals surface area contributed by atoms with Crippen molar-refractivity contribution in [3.63, 3.8) is 0 Å². The summed E-state index contributed by atoms with van der Waals surface area (Å²) in [4.78, 5) is 11.2.